The zero-order chi connectivity index (χ0) is 10.1. The lowest BCUT2D eigenvalue weighted by atomic mass is 10.1. The summed E-state index contributed by atoms with van der Waals surface area (Å²) in [5.41, 5.74) is 0. The fraction of sp³-hybridized carbons (Fsp3) is 0.625. The van der Waals surface area contributed by atoms with Crippen LogP contribution in [-0.4, -0.2) is 41.9 Å². The summed E-state index contributed by atoms with van der Waals surface area (Å²) in [4.78, 5) is 35.0. The maximum atomic E-state index is 11.4. The molecule has 0 aliphatic carbocycles. The third-order valence-electron chi connectivity index (χ3n) is 2.48. The van der Waals surface area contributed by atoms with Crippen LogP contribution in [0.4, 0.5) is 4.79 Å². The van der Waals surface area contributed by atoms with E-state index in [-0.39, 0.29) is 17.8 Å². The first-order chi connectivity index (χ1) is 6.68. The van der Waals surface area contributed by atoms with E-state index in [1.54, 1.807) is 0 Å². The maximum absolute atomic E-state index is 11.4. The van der Waals surface area contributed by atoms with Gasteiger partial charge in [0.1, 0.15) is 6.04 Å². The number of hydrogen-bond donors (Lipinski definition) is 2. The van der Waals surface area contributed by atoms with Crippen molar-refractivity contribution in [2.45, 2.75) is 18.9 Å². The molecule has 6 nitrogen and oxygen atoms in total. The van der Waals surface area contributed by atoms with E-state index in [0.29, 0.717) is 25.9 Å². The zero-order valence-electron chi connectivity index (χ0n) is 7.58. The summed E-state index contributed by atoms with van der Waals surface area (Å²) in [6, 6.07) is -0.699. The van der Waals surface area contributed by atoms with Gasteiger partial charge in [0.15, 0.2) is 0 Å². The van der Waals surface area contributed by atoms with Gasteiger partial charge in [0.25, 0.3) is 0 Å². The first-order valence-electron chi connectivity index (χ1n) is 4.56. The highest BCUT2D eigenvalue weighted by atomic mass is 16.2. The lowest BCUT2D eigenvalue weighted by molar-refractivity contribution is -0.136. The average molecular weight is 197 g/mol. The molecule has 2 N–H and O–H groups in total. The molecule has 2 aliphatic heterocycles. The van der Waals surface area contributed by atoms with Gasteiger partial charge >= 0.3 is 6.03 Å². The van der Waals surface area contributed by atoms with Crippen LogP contribution in [-0.2, 0) is 9.59 Å². The molecule has 0 aromatic rings. The van der Waals surface area contributed by atoms with Crippen molar-refractivity contribution in [3.05, 3.63) is 0 Å². The summed E-state index contributed by atoms with van der Waals surface area (Å²) in [6.07, 6.45) is 0.734. The van der Waals surface area contributed by atoms with Crippen molar-refractivity contribution < 1.29 is 14.4 Å². The first kappa shape index (κ1) is 8.98. The number of carbonyl (C=O) groups is 3. The molecular formula is C8H11N3O3. The Morgan fingerprint density at radius 1 is 1.29 bits per heavy atom. The Morgan fingerprint density at radius 2 is 2.07 bits per heavy atom. The van der Waals surface area contributed by atoms with Gasteiger partial charge in [0.2, 0.25) is 11.8 Å². The number of urea groups is 1. The molecule has 0 bridgehead atoms. The fourth-order valence-electron chi connectivity index (χ4n) is 1.76. The van der Waals surface area contributed by atoms with Crippen LogP contribution in [0.3, 0.4) is 0 Å². The summed E-state index contributed by atoms with van der Waals surface area (Å²) in [5, 5.41) is 4.85. The van der Waals surface area contributed by atoms with Crippen molar-refractivity contribution >= 4 is 17.8 Å². The lowest BCUT2D eigenvalue weighted by Gasteiger charge is -2.28. The Bertz CT molecular complexity index is 302. The third kappa shape index (κ3) is 1.43. The number of imide groups is 1. The first-order valence-corrected chi connectivity index (χ1v) is 4.56. The summed E-state index contributed by atoms with van der Waals surface area (Å²) >= 11 is 0. The Labute approximate surface area is 80.6 Å². The smallest absolute Gasteiger partial charge is 0.318 e. The quantitative estimate of drug-likeness (QED) is 0.519. The van der Waals surface area contributed by atoms with Crippen LogP contribution >= 0.6 is 0 Å². The van der Waals surface area contributed by atoms with Gasteiger partial charge in [-0.05, 0) is 6.42 Å². The molecule has 14 heavy (non-hydrogen) atoms. The monoisotopic (exact) mass is 197 g/mol. The van der Waals surface area contributed by atoms with E-state index in [0.717, 1.165) is 0 Å². The second-order valence-corrected chi connectivity index (χ2v) is 3.39. The van der Waals surface area contributed by atoms with Gasteiger partial charge in [-0.3, -0.25) is 14.9 Å². The number of hydrogen-bond acceptors (Lipinski definition) is 3. The van der Waals surface area contributed by atoms with Gasteiger partial charge in [-0.1, -0.05) is 0 Å². The number of nitrogens with zero attached hydrogens (tertiary/aromatic N) is 1. The molecule has 0 spiro atoms. The highest BCUT2D eigenvalue weighted by molar-refractivity contribution is 6.01. The summed E-state index contributed by atoms with van der Waals surface area (Å²) in [6.45, 7) is 1.10. The van der Waals surface area contributed by atoms with E-state index in [1.807, 2.05) is 0 Å². The molecule has 76 valence electrons. The highest BCUT2D eigenvalue weighted by Crippen LogP contribution is 2.14. The molecule has 0 radical (unpaired) electrons. The van der Waals surface area contributed by atoms with Crippen LogP contribution in [0, 0.1) is 0 Å². The summed E-state index contributed by atoms with van der Waals surface area (Å²) in [7, 11) is 0. The molecule has 2 aliphatic rings. The van der Waals surface area contributed by atoms with Gasteiger partial charge in [-0.2, -0.15) is 0 Å². The minimum Gasteiger partial charge on any atom is -0.336 e. The highest BCUT2D eigenvalue weighted by Gasteiger charge is 2.36. The molecule has 4 amide bonds. The molecule has 2 fully saturated rings. The Morgan fingerprint density at radius 3 is 2.64 bits per heavy atom. The van der Waals surface area contributed by atoms with Gasteiger partial charge in [0.05, 0.1) is 0 Å². The minimum absolute atomic E-state index is 0.223. The van der Waals surface area contributed by atoms with E-state index in [9.17, 15) is 14.4 Å². The largest absolute Gasteiger partial charge is 0.336 e. The van der Waals surface area contributed by atoms with Crippen LogP contribution in [0.15, 0.2) is 0 Å². The van der Waals surface area contributed by atoms with Crippen molar-refractivity contribution in [3.8, 4) is 0 Å². The third-order valence-corrected chi connectivity index (χ3v) is 2.48. The number of nitrogens with one attached hydrogen (secondary N) is 2. The van der Waals surface area contributed by atoms with Crippen LogP contribution in [0.5, 0.6) is 0 Å². The molecule has 1 unspecified atom stereocenters. The average Bonchev–Trinajstić information content (AvgIpc) is 2.52. The Kier molecular flexibility index (Phi) is 2.11. The SMILES string of the molecule is O=C1CCC(N2CCNC2=O)C(=O)N1. The van der Waals surface area contributed by atoms with E-state index in [1.165, 1.54) is 4.90 Å². The van der Waals surface area contributed by atoms with E-state index in [4.69, 9.17) is 0 Å². The van der Waals surface area contributed by atoms with Crippen molar-refractivity contribution in [2.24, 2.45) is 0 Å². The molecule has 0 aromatic heterocycles. The molecule has 2 heterocycles. The van der Waals surface area contributed by atoms with E-state index < -0.39 is 6.04 Å². The van der Waals surface area contributed by atoms with Crippen LogP contribution in [0.25, 0.3) is 0 Å². The van der Waals surface area contributed by atoms with Gasteiger partial charge in [-0.25, -0.2) is 4.79 Å². The van der Waals surface area contributed by atoms with E-state index in [2.05, 4.69) is 10.6 Å². The topological polar surface area (TPSA) is 78.5 Å². The van der Waals surface area contributed by atoms with E-state index >= 15 is 0 Å². The maximum Gasteiger partial charge on any atom is 0.318 e. The minimum atomic E-state index is -0.477. The van der Waals surface area contributed by atoms with Crippen molar-refractivity contribution in [3.63, 3.8) is 0 Å². The summed E-state index contributed by atoms with van der Waals surface area (Å²) < 4.78 is 0. The van der Waals surface area contributed by atoms with Crippen LogP contribution < -0.4 is 10.6 Å². The number of carbonyl (C=O) groups excluding carboxylic acids is 3. The fourth-order valence-corrected chi connectivity index (χ4v) is 1.76. The summed E-state index contributed by atoms with van der Waals surface area (Å²) in [5.74, 6) is -0.621. The molecule has 6 heteroatoms. The molecular weight excluding hydrogens is 186 g/mol. The van der Waals surface area contributed by atoms with Crippen molar-refractivity contribution in [2.75, 3.05) is 13.1 Å². The molecule has 2 saturated heterocycles. The predicted molar refractivity (Wildman–Crippen MR) is 46.3 cm³/mol. The number of rotatable bonds is 1. The zero-order valence-corrected chi connectivity index (χ0v) is 7.58. The normalized spacial score (nSPS) is 27.6. The Hall–Kier alpha value is -1.59. The lowest BCUT2D eigenvalue weighted by Crippen LogP contribution is -2.53. The van der Waals surface area contributed by atoms with Crippen molar-refractivity contribution in [1.29, 1.82) is 0 Å². The van der Waals surface area contributed by atoms with Gasteiger partial charge < -0.3 is 10.2 Å². The van der Waals surface area contributed by atoms with Crippen molar-refractivity contribution in [1.82, 2.24) is 15.5 Å². The molecule has 2 rings (SSSR count). The second kappa shape index (κ2) is 3.28. The van der Waals surface area contributed by atoms with Gasteiger partial charge in [-0.15, -0.1) is 0 Å². The standard InChI is InChI=1S/C8H11N3O3/c12-6-2-1-5(7(13)10-6)11-4-3-9-8(11)14/h5H,1-4H2,(H,9,14)(H,10,12,13). The Balaban J connectivity index is 2.07. The molecule has 0 saturated carbocycles. The second-order valence-electron chi connectivity index (χ2n) is 3.39. The molecule has 1 atom stereocenters. The predicted octanol–water partition coefficient (Wildman–Crippen LogP) is -1.18. The van der Waals surface area contributed by atoms with Crippen LogP contribution in [0.2, 0.25) is 0 Å². The van der Waals surface area contributed by atoms with Crippen LogP contribution in [0.1, 0.15) is 12.8 Å². The molecule has 0 aromatic carbocycles. The van der Waals surface area contributed by atoms with Gasteiger partial charge in [0, 0.05) is 19.5 Å². The number of piperidine rings is 1. The number of amides is 4.